The summed E-state index contributed by atoms with van der Waals surface area (Å²) in [4.78, 5) is 22.3. The molecule has 1 radical (unpaired) electrons. The van der Waals surface area contributed by atoms with E-state index in [9.17, 15) is 4.79 Å². The molecule has 0 unspecified atom stereocenters. The van der Waals surface area contributed by atoms with Crippen LogP contribution < -0.4 is 14.8 Å². The molecule has 0 aliphatic carbocycles. The third kappa shape index (κ3) is 7.72. The Bertz CT molecular complexity index is 2190. The number of anilines is 1. The monoisotopic (exact) mass is 769 g/mol. The number of nitrogens with one attached hydrogen (secondary N) is 1. The van der Waals surface area contributed by atoms with E-state index in [1.54, 1.807) is 26.4 Å². The van der Waals surface area contributed by atoms with Crippen molar-refractivity contribution in [3.05, 3.63) is 156 Å². The molecule has 3 heterocycles. The zero-order valence-electron chi connectivity index (χ0n) is 32.9. The molecule has 4 aromatic carbocycles. The van der Waals surface area contributed by atoms with E-state index < -0.39 is 32.4 Å². The second kappa shape index (κ2) is 16.0. The SMILES string of the molecule is COc1ccc(C(OC[C@H]2[CH][C@@H](O[Si](C)(C)C(C)(C)C)[C@H](n3ccc4c(NC(=O)c5ccccc5)ncnc43)O2)(c2ccccc2)c2ccc(OC)cc2)cc1. The van der Waals surface area contributed by atoms with Gasteiger partial charge in [0.25, 0.3) is 5.91 Å². The second-order valence-corrected chi connectivity index (χ2v) is 20.2. The number of hydrogen-bond donors (Lipinski definition) is 1. The topological polar surface area (TPSA) is 106 Å². The Morgan fingerprint density at radius 1 is 0.786 bits per heavy atom. The Morgan fingerprint density at radius 3 is 1.93 bits per heavy atom. The summed E-state index contributed by atoms with van der Waals surface area (Å²) >= 11 is 0. The molecule has 0 bridgehead atoms. The highest BCUT2D eigenvalue weighted by Gasteiger charge is 2.47. The lowest BCUT2D eigenvalue weighted by atomic mass is 9.80. The van der Waals surface area contributed by atoms with Crippen molar-refractivity contribution in [1.29, 1.82) is 0 Å². The number of carbonyl (C=O) groups is 1. The molecule has 11 heteroatoms. The number of rotatable bonds is 13. The summed E-state index contributed by atoms with van der Waals surface area (Å²) in [6, 6.07) is 37.2. The minimum atomic E-state index is -2.31. The summed E-state index contributed by atoms with van der Waals surface area (Å²) < 4.78 is 34.4. The molecule has 289 valence electrons. The van der Waals surface area contributed by atoms with Gasteiger partial charge in [-0.2, -0.15) is 0 Å². The number of methoxy groups -OCH3 is 2. The molecule has 3 atom stereocenters. The fraction of sp³-hybridized carbons (Fsp3) is 0.289. The fourth-order valence-electron chi connectivity index (χ4n) is 6.87. The van der Waals surface area contributed by atoms with Gasteiger partial charge in [-0.05, 0) is 77.3 Å². The van der Waals surface area contributed by atoms with Gasteiger partial charge in [0, 0.05) is 18.2 Å². The molecular formula is C45H49N4O6Si. The quantitative estimate of drug-likeness (QED) is 0.0916. The van der Waals surface area contributed by atoms with Crippen LogP contribution in [0, 0.1) is 6.42 Å². The highest BCUT2D eigenvalue weighted by atomic mass is 28.4. The van der Waals surface area contributed by atoms with Crippen LogP contribution >= 0.6 is 0 Å². The first-order valence-electron chi connectivity index (χ1n) is 18.8. The van der Waals surface area contributed by atoms with Crippen LogP contribution in [0.15, 0.2) is 128 Å². The van der Waals surface area contributed by atoms with Crippen LogP contribution in [0.5, 0.6) is 11.5 Å². The van der Waals surface area contributed by atoms with Crippen LogP contribution in [0.3, 0.4) is 0 Å². The van der Waals surface area contributed by atoms with Crippen molar-refractivity contribution in [2.75, 3.05) is 26.1 Å². The summed E-state index contributed by atoms with van der Waals surface area (Å²) in [5, 5.41) is 3.60. The van der Waals surface area contributed by atoms with Crippen molar-refractivity contribution in [3.63, 3.8) is 0 Å². The van der Waals surface area contributed by atoms with Crippen molar-refractivity contribution in [3.8, 4) is 11.5 Å². The maximum Gasteiger partial charge on any atom is 0.256 e. The molecule has 2 aromatic heterocycles. The van der Waals surface area contributed by atoms with Crippen LogP contribution in [0.4, 0.5) is 5.82 Å². The lowest BCUT2D eigenvalue weighted by Gasteiger charge is -2.39. The van der Waals surface area contributed by atoms with E-state index in [1.807, 2.05) is 102 Å². The maximum atomic E-state index is 13.1. The molecule has 7 rings (SSSR count). The van der Waals surface area contributed by atoms with Crippen LogP contribution in [0.2, 0.25) is 18.1 Å². The molecule has 6 aromatic rings. The van der Waals surface area contributed by atoms with Gasteiger partial charge in [-0.15, -0.1) is 0 Å². The molecule has 1 aliphatic rings. The smallest absolute Gasteiger partial charge is 0.256 e. The minimum Gasteiger partial charge on any atom is -0.497 e. The summed E-state index contributed by atoms with van der Waals surface area (Å²) in [5.74, 6) is 1.66. The maximum absolute atomic E-state index is 13.1. The van der Waals surface area contributed by atoms with Gasteiger partial charge in [0.2, 0.25) is 0 Å². The average molecular weight is 770 g/mol. The Morgan fingerprint density at radius 2 is 1.36 bits per heavy atom. The molecule has 1 amide bonds. The Balaban J connectivity index is 1.25. The predicted molar refractivity (Wildman–Crippen MR) is 220 cm³/mol. The lowest BCUT2D eigenvalue weighted by Crippen LogP contribution is -2.45. The Hall–Kier alpha value is -5.33. The number of fused-ring (bicyclic) bond motifs is 1. The van der Waals surface area contributed by atoms with Crippen molar-refractivity contribution >= 4 is 31.1 Å². The van der Waals surface area contributed by atoms with Crippen LogP contribution in [-0.4, -0.2) is 61.8 Å². The number of aromatic nitrogens is 3. The van der Waals surface area contributed by atoms with E-state index in [-0.39, 0.29) is 17.6 Å². The fourth-order valence-corrected chi connectivity index (χ4v) is 8.10. The normalized spacial score (nSPS) is 17.5. The van der Waals surface area contributed by atoms with Gasteiger partial charge >= 0.3 is 0 Å². The zero-order valence-corrected chi connectivity index (χ0v) is 33.9. The summed E-state index contributed by atoms with van der Waals surface area (Å²) in [6.45, 7) is 11.4. The second-order valence-electron chi connectivity index (χ2n) is 15.4. The highest BCUT2D eigenvalue weighted by molar-refractivity contribution is 6.74. The standard InChI is InChI=1S/C45H49N4O6Si/c1-44(2,3)56(6,7)55-39-28-37(54-43(39)49-27-26-38-40(46-30-47-41(38)49)48-42(50)31-14-10-8-11-15-31)29-53-45(32-16-12-9-13-17-32,33-18-22-35(51-4)23-19-33)34-20-24-36(52-5)25-21-34/h8-28,30,37,39,43H,29H2,1-7H3,(H,46,47,48,50)/t37-,39-,43-/m1/s1. The number of nitrogens with zero attached hydrogens (tertiary/aromatic N) is 3. The summed E-state index contributed by atoms with van der Waals surface area (Å²) in [7, 11) is 1.01. The van der Waals surface area contributed by atoms with Crippen molar-refractivity contribution in [1.82, 2.24) is 14.5 Å². The van der Waals surface area contributed by atoms with Gasteiger partial charge in [-0.1, -0.05) is 93.6 Å². The van der Waals surface area contributed by atoms with Crippen LogP contribution in [0.1, 0.15) is 54.0 Å². The van der Waals surface area contributed by atoms with Crippen molar-refractivity contribution < 1.29 is 28.2 Å². The average Bonchev–Trinajstić information content (AvgIpc) is 3.83. The van der Waals surface area contributed by atoms with Gasteiger partial charge in [-0.25, -0.2) is 9.97 Å². The number of ether oxygens (including phenoxy) is 4. The molecule has 1 fully saturated rings. The molecule has 56 heavy (non-hydrogen) atoms. The van der Waals surface area contributed by atoms with Crippen molar-refractivity contribution in [2.45, 2.75) is 62.9 Å². The minimum absolute atomic E-state index is 0.0546. The molecule has 1 saturated heterocycles. The molecule has 10 nitrogen and oxygen atoms in total. The molecular weight excluding hydrogens is 721 g/mol. The summed E-state index contributed by atoms with van der Waals surface area (Å²) in [6.07, 6.45) is 4.03. The molecule has 0 spiro atoms. The first kappa shape index (κ1) is 38.9. The molecule has 1 N–H and O–H groups in total. The van der Waals surface area contributed by atoms with Crippen molar-refractivity contribution in [2.24, 2.45) is 0 Å². The van der Waals surface area contributed by atoms with E-state index in [0.717, 1.165) is 28.2 Å². The first-order chi connectivity index (χ1) is 26.9. The largest absolute Gasteiger partial charge is 0.497 e. The molecule has 0 saturated carbocycles. The predicted octanol–water partition coefficient (Wildman–Crippen LogP) is 9.20. The lowest BCUT2D eigenvalue weighted by molar-refractivity contribution is -0.0818. The summed E-state index contributed by atoms with van der Waals surface area (Å²) in [5.41, 5.74) is 2.94. The van der Waals surface area contributed by atoms with E-state index in [0.29, 0.717) is 22.4 Å². The number of carbonyl (C=O) groups excluding carboxylic acids is 1. The number of benzene rings is 4. The third-order valence-corrected chi connectivity index (χ3v) is 15.4. The molecule has 1 aliphatic heterocycles. The zero-order chi connectivity index (χ0) is 39.5. The van der Waals surface area contributed by atoms with E-state index in [2.05, 4.69) is 67.7 Å². The Labute approximate surface area is 329 Å². The Kier molecular flexibility index (Phi) is 11.1. The first-order valence-corrected chi connectivity index (χ1v) is 21.7. The van der Waals surface area contributed by atoms with E-state index in [4.69, 9.17) is 23.4 Å². The van der Waals surface area contributed by atoms with Crippen LogP contribution in [0.25, 0.3) is 11.0 Å². The van der Waals surface area contributed by atoms with E-state index >= 15 is 0 Å². The van der Waals surface area contributed by atoms with Gasteiger partial charge < -0.3 is 33.3 Å². The highest BCUT2D eigenvalue weighted by Crippen LogP contribution is 2.45. The van der Waals surface area contributed by atoms with Gasteiger partial charge in [0.15, 0.2) is 14.5 Å². The number of amides is 1. The van der Waals surface area contributed by atoms with Gasteiger partial charge in [0.1, 0.15) is 34.9 Å². The third-order valence-electron chi connectivity index (χ3n) is 10.9. The van der Waals surface area contributed by atoms with Gasteiger partial charge in [-0.3, -0.25) is 4.79 Å². The van der Waals surface area contributed by atoms with E-state index in [1.165, 1.54) is 6.33 Å². The van der Waals surface area contributed by atoms with Gasteiger partial charge in [0.05, 0.1) is 38.4 Å². The van der Waals surface area contributed by atoms with Crippen LogP contribution in [-0.2, 0) is 19.5 Å². The number of hydrogen-bond acceptors (Lipinski definition) is 8.